The van der Waals surface area contributed by atoms with Crippen molar-refractivity contribution in [3.8, 4) is 11.1 Å². The van der Waals surface area contributed by atoms with Crippen LogP contribution in [0.25, 0.3) is 22.2 Å². The number of fused-ring (bicyclic) bond motifs is 1. The number of hydrogen-bond donors (Lipinski definition) is 3. The van der Waals surface area contributed by atoms with Gasteiger partial charge in [-0.15, -0.1) is 0 Å². The van der Waals surface area contributed by atoms with Crippen molar-refractivity contribution in [2.75, 3.05) is 13.1 Å². The minimum atomic E-state index is -3.80. The number of amides is 1. The normalized spacial score (nSPS) is 12.1. The first-order valence-corrected chi connectivity index (χ1v) is 11.0. The second-order valence-corrected chi connectivity index (χ2v) is 9.76. The van der Waals surface area contributed by atoms with Crippen LogP contribution in [-0.2, 0) is 10.0 Å². The van der Waals surface area contributed by atoms with Crippen LogP contribution in [0.2, 0.25) is 0 Å². The lowest BCUT2D eigenvalue weighted by molar-refractivity contribution is 0.102. The number of carbonyl (C=O) groups excluding carboxylic acids is 1. The zero-order valence-electron chi connectivity index (χ0n) is 17.4. The molecule has 0 aliphatic heterocycles. The molecule has 0 spiro atoms. The molecule has 0 radical (unpaired) electrons. The van der Waals surface area contributed by atoms with Crippen LogP contribution in [0, 0.1) is 0 Å². The van der Waals surface area contributed by atoms with Gasteiger partial charge in [-0.25, -0.2) is 22.9 Å². The third-order valence-corrected chi connectivity index (χ3v) is 6.30. The molecule has 0 saturated heterocycles. The van der Waals surface area contributed by atoms with Gasteiger partial charge in [0, 0.05) is 30.2 Å². The van der Waals surface area contributed by atoms with Crippen molar-refractivity contribution in [3.63, 3.8) is 0 Å². The van der Waals surface area contributed by atoms with Crippen molar-refractivity contribution in [3.05, 3.63) is 48.3 Å². The van der Waals surface area contributed by atoms with Crippen molar-refractivity contribution >= 4 is 33.4 Å². The maximum absolute atomic E-state index is 12.6. The Labute approximate surface area is 180 Å². The first-order valence-electron chi connectivity index (χ1n) is 9.56. The van der Waals surface area contributed by atoms with Crippen molar-refractivity contribution in [2.24, 2.45) is 0 Å². The number of carbonyl (C=O) groups is 2. The molecule has 9 nitrogen and oxygen atoms in total. The molecular weight excluding hydrogens is 420 g/mol. The summed E-state index contributed by atoms with van der Waals surface area (Å²) in [7, 11) is -3.80. The Bertz CT molecular complexity index is 1210. The lowest BCUT2D eigenvalue weighted by Gasteiger charge is -2.33. The van der Waals surface area contributed by atoms with E-state index in [0.717, 1.165) is 16.5 Å². The fourth-order valence-electron chi connectivity index (χ4n) is 3.27. The number of carboxylic acid groups (broad SMARTS) is 1. The van der Waals surface area contributed by atoms with Crippen LogP contribution in [0.3, 0.4) is 0 Å². The zero-order chi connectivity index (χ0) is 22.8. The molecule has 2 aromatic heterocycles. The SMILES string of the molecule is CC(C)(C)N(CCNS(=O)(=O)c1ccc(-c2ccnc3[nH]c(C=O)cc23)cc1)C(=O)O. The Hall–Kier alpha value is -3.24. The summed E-state index contributed by atoms with van der Waals surface area (Å²) in [5.41, 5.74) is 1.92. The average Bonchev–Trinajstić information content (AvgIpc) is 3.13. The molecule has 0 bridgehead atoms. The summed E-state index contributed by atoms with van der Waals surface area (Å²) in [6.45, 7) is 5.21. The van der Waals surface area contributed by atoms with E-state index in [4.69, 9.17) is 0 Å². The number of pyridine rings is 1. The summed E-state index contributed by atoms with van der Waals surface area (Å²) in [6.07, 6.45) is 1.21. The van der Waals surface area contributed by atoms with E-state index in [0.29, 0.717) is 17.6 Å². The van der Waals surface area contributed by atoms with Gasteiger partial charge >= 0.3 is 6.09 Å². The van der Waals surface area contributed by atoms with E-state index >= 15 is 0 Å². The van der Waals surface area contributed by atoms with Crippen LogP contribution in [0.15, 0.2) is 47.5 Å². The highest BCUT2D eigenvalue weighted by atomic mass is 32.2. The summed E-state index contributed by atoms with van der Waals surface area (Å²) in [6, 6.07) is 9.80. The predicted octanol–water partition coefficient (Wildman–Crippen LogP) is 3.10. The number of aldehydes is 1. The molecule has 0 unspecified atom stereocenters. The minimum Gasteiger partial charge on any atom is -0.465 e. The van der Waals surface area contributed by atoms with Gasteiger partial charge < -0.3 is 15.0 Å². The number of nitrogens with one attached hydrogen (secondary N) is 2. The van der Waals surface area contributed by atoms with Crippen molar-refractivity contribution in [1.29, 1.82) is 0 Å². The van der Waals surface area contributed by atoms with Crippen molar-refractivity contribution in [2.45, 2.75) is 31.2 Å². The lowest BCUT2D eigenvalue weighted by Crippen LogP contribution is -2.48. The Kier molecular flexibility index (Phi) is 6.14. The first-order chi connectivity index (χ1) is 14.5. The van der Waals surface area contributed by atoms with Gasteiger partial charge in [0.15, 0.2) is 6.29 Å². The van der Waals surface area contributed by atoms with Gasteiger partial charge in [0.1, 0.15) is 5.65 Å². The van der Waals surface area contributed by atoms with Crippen LogP contribution in [0.1, 0.15) is 31.3 Å². The highest BCUT2D eigenvalue weighted by molar-refractivity contribution is 7.89. The summed E-state index contributed by atoms with van der Waals surface area (Å²) in [5.74, 6) is 0. The average molecular weight is 445 g/mol. The molecule has 3 N–H and O–H groups in total. The maximum atomic E-state index is 12.6. The molecule has 31 heavy (non-hydrogen) atoms. The van der Waals surface area contributed by atoms with Crippen LogP contribution in [-0.4, -0.2) is 59.4 Å². The summed E-state index contributed by atoms with van der Waals surface area (Å²) >= 11 is 0. The summed E-state index contributed by atoms with van der Waals surface area (Å²) in [5, 5.41) is 10.1. The molecule has 1 aromatic carbocycles. The van der Waals surface area contributed by atoms with E-state index in [1.54, 1.807) is 51.2 Å². The minimum absolute atomic E-state index is 0.0255. The van der Waals surface area contributed by atoms with E-state index < -0.39 is 21.7 Å². The molecule has 0 aliphatic rings. The quantitative estimate of drug-likeness (QED) is 0.480. The molecule has 3 rings (SSSR count). The highest BCUT2D eigenvalue weighted by Crippen LogP contribution is 2.28. The van der Waals surface area contributed by atoms with Gasteiger partial charge in [0.2, 0.25) is 10.0 Å². The largest absolute Gasteiger partial charge is 0.465 e. The predicted molar refractivity (Wildman–Crippen MR) is 117 cm³/mol. The monoisotopic (exact) mass is 444 g/mol. The zero-order valence-corrected chi connectivity index (χ0v) is 18.2. The number of aromatic amines is 1. The maximum Gasteiger partial charge on any atom is 0.407 e. The molecule has 1 amide bonds. The first kappa shape index (κ1) is 22.4. The van der Waals surface area contributed by atoms with E-state index in [1.165, 1.54) is 17.0 Å². The molecule has 164 valence electrons. The van der Waals surface area contributed by atoms with Crippen LogP contribution in [0.5, 0.6) is 0 Å². The number of hydrogen-bond acceptors (Lipinski definition) is 5. The number of rotatable bonds is 7. The van der Waals surface area contributed by atoms with Gasteiger partial charge in [-0.2, -0.15) is 0 Å². The molecule has 10 heteroatoms. The van der Waals surface area contributed by atoms with E-state index in [9.17, 15) is 23.1 Å². The van der Waals surface area contributed by atoms with Gasteiger partial charge in [-0.05, 0) is 56.2 Å². The Balaban J connectivity index is 1.77. The van der Waals surface area contributed by atoms with Crippen LogP contribution >= 0.6 is 0 Å². The summed E-state index contributed by atoms with van der Waals surface area (Å²) in [4.78, 5) is 30.8. The second-order valence-electron chi connectivity index (χ2n) is 7.99. The molecule has 0 atom stereocenters. The third kappa shape index (κ3) is 4.92. The molecular formula is C21H24N4O5S. The van der Waals surface area contributed by atoms with Gasteiger partial charge in [0.25, 0.3) is 0 Å². The van der Waals surface area contributed by atoms with E-state index in [1.807, 2.05) is 0 Å². The summed E-state index contributed by atoms with van der Waals surface area (Å²) < 4.78 is 27.7. The van der Waals surface area contributed by atoms with Gasteiger partial charge in [-0.3, -0.25) is 4.79 Å². The topological polar surface area (TPSA) is 132 Å². The number of aromatic nitrogens is 2. The van der Waals surface area contributed by atoms with Crippen LogP contribution in [0.4, 0.5) is 4.79 Å². The molecule has 3 aromatic rings. The Morgan fingerprint density at radius 2 is 1.90 bits per heavy atom. The number of benzene rings is 1. The Morgan fingerprint density at radius 3 is 2.48 bits per heavy atom. The smallest absolute Gasteiger partial charge is 0.407 e. The number of H-pyrrole nitrogens is 1. The molecule has 0 saturated carbocycles. The molecule has 2 heterocycles. The van der Waals surface area contributed by atoms with Gasteiger partial charge in [-0.1, -0.05) is 12.1 Å². The third-order valence-electron chi connectivity index (χ3n) is 4.82. The molecule has 0 aliphatic carbocycles. The number of nitrogens with zero attached hydrogens (tertiary/aromatic N) is 2. The van der Waals surface area contributed by atoms with Gasteiger partial charge in [0.05, 0.1) is 10.6 Å². The second kappa shape index (κ2) is 8.48. The lowest BCUT2D eigenvalue weighted by atomic mass is 10.0. The van der Waals surface area contributed by atoms with E-state index in [2.05, 4.69) is 14.7 Å². The fraction of sp³-hybridized carbons (Fsp3) is 0.286. The highest BCUT2D eigenvalue weighted by Gasteiger charge is 2.26. The standard InChI is InChI=1S/C21H24N4O5S/c1-21(2,3)25(20(27)28)11-10-23-31(29,30)16-6-4-14(5-7-16)17-8-9-22-19-18(17)12-15(13-26)24-19/h4-9,12-13,23H,10-11H2,1-3H3,(H,22,24)(H,27,28). The van der Waals surface area contributed by atoms with Crippen LogP contribution < -0.4 is 4.72 Å². The van der Waals surface area contributed by atoms with Crippen molar-refractivity contribution < 1.29 is 23.1 Å². The van der Waals surface area contributed by atoms with Crippen molar-refractivity contribution in [1.82, 2.24) is 19.6 Å². The Morgan fingerprint density at radius 1 is 1.23 bits per heavy atom. The fourth-order valence-corrected chi connectivity index (χ4v) is 4.29. The van der Waals surface area contributed by atoms with E-state index in [-0.39, 0.29) is 18.0 Å². The number of sulfonamides is 1. The molecule has 0 fully saturated rings.